The number of aromatic nitrogens is 4. The summed E-state index contributed by atoms with van der Waals surface area (Å²) in [4.78, 5) is 42.1. The number of imidazole rings is 1. The number of nitrogens with zero attached hydrogens (tertiary/aromatic N) is 6. The second-order valence-electron chi connectivity index (χ2n) is 11.5. The highest BCUT2D eigenvalue weighted by atomic mass is 16.5. The minimum atomic E-state index is -0.439. The molecule has 0 bridgehead atoms. The zero-order chi connectivity index (χ0) is 28.0. The lowest BCUT2D eigenvalue weighted by atomic mass is 9.98. The molecule has 3 aliphatic rings. The van der Waals surface area contributed by atoms with Crippen molar-refractivity contribution >= 4 is 23.4 Å². The molecule has 3 aromatic heterocycles. The molecule has 1 aliphatic carbocycles. The number of hydrogen-bond acceptors (Lipinski definition) is 8. The minimum Gasteiger partial charge on any atom is -0.489 e. The van der Waals surface area contributed by atoms with E-state index in [0.717, 1.165) is 47.8 Å². The molecule has 2 aliphatic heterocycles. The number of carbonyl (C=O) groups is 2. The summed E-state index contributed by atoms with van der Waals surface area (Å²) in [5, 5.41) is 2.36. The molecule has 0 radical (unpaired) electrons. The molecular formula is C29H36N8O3. The zero-order valence-corrected chi connectivity index (χ0v) is 23.3. The number of anilines is 2. The number of nitrogen functional groups attached to an aromatic ring is 1. The van der Waals surface area contributed by atoms with Crippen molar-refractivity contribution in [3.63, 3.8) is 0 Å². The minimum absolute atomic E-state index is 0.253. The SMILES string of the molecule is Cn1c(N2CCC(=O)NC2=O)cnc1-c1ccc2c(n1)C(C)(C)N(Cc1ncc(OC3CCCCC3)cc1N)C2. The maximum Gasteiger partial charge on any atom is 0.329 e. The number of carbonyl (C=O) groups excluding carboxylic acids is 2. The van der Waals surface area contributed by atoms with E-state index in [2.05, 4.69) is 40.1 Å². The lowest BCUT2D eigenvalue weighted by Gasteiger charge is -2.31. The third-order valence-electron chi connectivity index (χ3n) is 8.41. The Bertz CT molecular complexity index is 1460. The molecule has 3 N–H and O–H groups in total. The lowest BCUT2D eigenvalue weighted by molar-refractivity contribution is -0.120. The van der Waals surface area contributed by atoms with Gasteiger partial charge in [0.05, 0.1) is 41.1 Å². The molecule has 3 aromatic rings. The van der Waals surface area contributed by atoms with Crippen LogP contribution in [0.4, 0.5) is 16.3 Å². The fraction of sp³-hybridized carbons (Fsp3) is 0.483. The topological polar surface area (TPSA) is 132 Å². The number of amides is 3. The van der Waals surface area contributed by atoms with Gasteiger partial charge >= 0.3 is 6.03 Å². The maximum absolute atomic E-state index is 12.4. The number of hydrogen-bond donors (Lipinski definition) is 2. The molecule has 3 amide bonds. The average molecular weight is 545 g/mol. The van der Waals surface area contributed by atoms with Gasteiger partial charge in [0.15, 0.2) is 5.82 Å². The first-order valence-corrected chi connectivity index (χ1v) is 14.0. The number of nitrogens with one attached hydrogen (secondary N) is 1. The van der Waals surface area contributed by atoms with Crippen molar-refractivity contribution in [2.75, 3.05) is 17.2 Å². The number of imide groups is 1. The third-order valence-corrected chi connectivity index (χ3v) is 8.41. The van der Waals surface area contributed by atoms with Crippen LogP contribution in [0.1, 0.15) is 69.3 Å². The van der Waals surface area contributed by atoms with Crippen LogP contribution in [0.5, 0.6) is 5.75 Å². The molecule has 0 atom stereocenters. The summed E-state index contributed by atoms with van der Waals surface area (Å²) in [5.41, 5.74) is 10.4. The van der Waals surface area contributed by atoms with Crippen LogP contribution in [0.25, 0.3) is 11.5 Å². The first kappa shape index (κ1) is 26.2. The van der Waals surface area contributed by atoms with E-state index in [1.807, 2.05) is 23.7 Å². The molecule has 40 heavy (non-hydrogen) atoms. The van der Waals surface area contributed by atoms with Crippen LogP contribution in [-0.4, -0.2) is 49.0 Å². The Kier molecular flexibility index (Phi) is 6.69. The number of rotatable bonds is 6. The van der Waals surface area contributed by atoms with Gasteiger partial charge in [0.1, 0.15) is 17.3 Å². The van der Waals surface area contributed by atoms with E-state index in [1.54, 1.807) is 12.4 Å². The number of pyridine rings is 2. The lowest BCUT2D eigenvalue weighted by Crippen LogP contribution is -2.50. The normalized spacial score (nSPS) is 19.5. The van der Waals surface area contributed by atoms with E-state index >= 15 is 0 Å². The number of fused-ring (bicyclic) bond motifs is 1. The Hall–Kier alpha value is -3.99. The van der Waals surface area contributed by atoms with Crippen molar-refractivity contribution in [3.05, 3.63) is 47.5 Å². The molecule has 0 aromatic carbocycles. The highest BCUT2D eigenvalue weighted by Gasteiger charge is 2.39. The Morgan fingerprint density at radius 2 is 1.93 bits per heavy atom. The molecule has 6 rings (SSSR count). The van der Waals surface area contributed by atoms with E-state index < -0.39 is 6.03 Å². The quantitative estimate of drug-likeness (QED) is 0.478. The van der Waals surface area contributed by atoms with E-state index in [9.17, 15) is 9.59 Å². The summed E-state index contributed by atoms with van der Waals surface area (Å²) in [6.07, 6.45) is 9.84. The second-order valence-corrected chi connectivity index (χ2v) is 11.5. The Morgan fingerprint density at radius 1 is 1.12 bits per heavy atom. The van der Waals surface area contributed by atoms with Crippen LogP contribution < -0.4 is 20.7 Å². The predicted octanol–water partition coefficient (Wildman–Crippen LogP) is 3.87. The largest absolute Gasteiger partial charge is 0.489 e. The molecule has 11 nitrogen and oxygen atoms in total. The van der Waals surface area contributed by atoms with E-state index in [1.165, 1.54) is 24.2 Å². The van der Waals surface area contributed by atoms with Gasteiger partial charge in [0.2, 0.25) is 5.91 Å². The number of ether oxygens (including phenoxy) is 1. The highest BCUT2D eigenvalue weighted by Crippen LogP contribution is 2.40. The Balaban J connectivity index is 1.19. The van der Waals surface area contributed by atoms with Gasteiger partial charge in [-0.2, -0.15) is 0 Å². The summed E-state index contributed by atoms with van der Waals surface area (Å²) >= 11 is 0. The molecule has 11 heteroatoms. The van der Waals surface area contributed by atoms with Crippen LogP contribution >= 0.6 is 0 Å². The van der Waals surface area contributed by atoms with Crippen molar-refractivity contribution in [3.8, 4) is 17.3 Å². The molecule has 210 valence electrons. The molecule has 1 saturated carbocycles. The summed E-state index contributed by atoms with van der Waals surface area (Å²) < 4.78 is 7.99. The highest BCUT2D eigenvalue weighted by molar-refractivity contribution is 6.05. The van der Waals surface area contributed by atoms with Gasteiger partial charge in [-0.05, 0) is 51.2 Å². The van der Waals surface area contributed by atoms with Crippen LogP contribution in [0.3, 0.4) is 0 Å². The fourth-order valence-corrected chi connectivity index (χ4v) is 5.99. The van der Waals surface area contributed by atoms with Gasteiger partial charge in [-0.1, -0.05) is 12.5 Å². The van der Waals surface area contributed by atoms with E-state index in [-0.39, 0.29) is 24.0 Å². The Morgan fingerprint density at radius 3 is 2.67 bits per heavy atom. The first-order chi connectivity index (χ1) is 19.2. The van der Waals surface area contributed by atoms with Crippen LogP contribution in [0, 0.1) is 0 Å². The summed E-state index contributed by atoms with van der Waals surface area (Å²) in [6, 6.07) is 5.53. The summed E-state index contributed by atoms with van der Waals surface area (Å²) in [5.74, 6) is 1.74. The summed E-state index contributed by atoms with van der Waals surface area (Å²) in [7, 11) is 1.85. The molecule has 0 unspecified atom stereocenters. The van der Waals surface area contributed by atoms with E-state index in [4.69, 9.17) is 15.5 Å². The van der Waals surface area contributed by atoms with Crippen LogP contribution in [0.2, 0.25) is 0 Å². The molecular weight excluding hydrogens is 508 g/mol. The average Bonchev–Trinajstić information content (AvgIpc) is 3.42. The number of urea groups is 1. The van der Waals surface area contributed by atoms with Gasteiger partial charge in [-0.25, -0.2) is 14.8 Å². The van der Waals surface area contributed by atoms with Crippen LogP contribution in [0.15, 0.2) is 30.6 Å². The third kappa shape index (κ3) is 4.78. The van der Waals surface area contributed by atoms with Crippen molar-refractivity contribution in [2.24, 2.45) is 7.05 Å². The van der Waals surface area contributed by atoms with Gasteiger partial charge in [0.25, 0.3) is 0 Å². The molecule has 1 saturated heterocycles. The molecule has 5 heterocycles. The second kappa shape index (κ2) is 10.2. The summed E-state index contributed by atoms with van der Waals surface area (Å²) in [6.45, 7) is 5.94. The predicted molar refractivity (Wildman–Crippen MR) is 150 cm³/mol. The fourth-order valence-electron chi connectivity index (χ4n) is 5.99. The first-order valence-electron chi connectivity index (χ1n) is 14.0. The maximum atomic E-state index is 12.4. The van der Waals surface area contributed by atoms with Gasteiger partial charge in [-0.3, -0.25) is 24.9 Å². The van der Waals surface area contributed by atoms with Gasteiger partial charge in [0, 0.05) is 39.2 Å². The van der Waals surface area contributed by atoms with Gasteiger partial charge in [-0.15, -0.1) is 0 Å². The monoisotopic (exact) mass is 544 g/mol. The van der Waals surface area contributed by atoms with Crippen molar-refractivity contribution in [1.82, 2.24) is 29.7 Å². The molecule has 0 spiro atoms. The van der Waals surface area contributed by atoms with E-state index in [0.29, 0.717) is 30.4 Å². The van der Waals surface area contributed by atoms with Gasteiger partial charge < -0.3 is 15.0 Å². The smallest absolute Gasteiger partial charge is 0.329 e. The number of nitrogens with two attached hydrogens (primary N) is 1. The Labute approximate surface area is 233 Å². The van der Waals surface area contributed by atoms with Crippen molar-refractivity contribution in [1.29, 1.82) is 0 Å². The van der Waals surface area contributed by atoms with Crippen molar-refractivity contribution < 1.29 is 14.3 Å². The zero-order valence-electron chi connectivity index (χ0n) is 23.3. The standard InChI is InChI=1S/C29H36N8O3/c1-29(2)26-18(16-36(29)17-23-21(30)13-20(14-31-23)40-19-7-5-4-6-8-19)9-10-22(33-26)27-32-15-25(35(27)3)37-12-11-24(38)34-28(37)39/h9-10,13-15,19H,4-8,11-12,16-17,30H2,1-3H3,(H,34,38,39). The van der Waals surface area contributed by atoms with Crippen LogP contribution in [-0.2, 0) is 30.5 Å². The molecule has 2 fully saturated rings. The van der Waals surface area contributed by atoms with Crippen molar-refractivity contribution in [2.45, 2.75) is 77.1 Å².